The van der Waals surface area contributed by atoms with Gasteiger partial charge in [-0.2, -0.15) is 18.3 Å². The van der Waals surface area contributed by atoms with Crippen LogP contribution in [-0.2, 0) is 11.6 Å². The van der Waals surface area contributed by atoms with E-state index in [0.717, 1.165) is 33.8 Å². The van der Waals surface area contributed by atoms with Gasteiger partial charge < -0.3 is 4.90 Å². The van der Waals surface area contributed by atoms with Crippen LogP contribution in [-0.4, -0.2) is 38.7 Å². The molecule has 0 N–H and O–H groups in total. The molecule has 7 rings (SSSR count). The highest BCUT2D eigenvalue weighted by atomic mass is 19.4. The fourth-order valence-corrected chi connectivity index (χ4v) is 6.76. The Balaban J connectivity index is 1.28. The number of amides is 1. The van der Waals surface area contributed by atoms with E-state index in [-0.39, 0.29) is 23.3 Å². The number of benzene rings is 3. The Hall–Kier alpha value is -4.53. The molecule has 3 heterocycles. The standard InChI is InChI=1S/C32H24F4N4O/c1-19-14-27-21(16-37-40(27)23-12-10-22(33)11-13-23)15-24(19)31-18-39(17-25(31)29(31)20-6-3-2-4-7-20)30(41)26-8-5-9-28(38-26)32(34,35)36/h2-16,25,29H,17-18H2,1H3. The molecule has 0 spiro atoms. The van der Waals surface area contributed by atoms with Gasteiger partial charge in [0.05, 0.1) is 17.4 Å². The number of alkyl halides is 3. The van der Waals surface area contributed by atoms with Crippen molar-refractivity contribution < 1.29 is 22.4 Å². The van der Waals surface area contributed by atoms with Crippen molar-refractivity contribution in [3.8, 4) is 5.69 Å². The van der Waals surface area contributed by atoms with Crippen molar-refractivity contribution in [1.29, 1.82) is 0 Å². The molecule has 41 heavy (non-hydrogen) atoms. The zero-order valence-corrected chi connectivity index (χ0v) is 21.9. The molecule has 2 aromatic heterocycles. The highest BCUT2D eigenvalue weighted by molar-refractivity contribution is 5.93. The zero-order valence-electron chi connectivity index (χ0n) is 21.9. The molecule has 0 bridgehead atoms. The summed E-state index contributed by atoms with van der Waals surface area (Å²) in [6, 6.07) is 23.9. The van der Waals surface area contributed by atoms with E-state index in [0.29, 0.717) is 13.1 Å². The Bertz CT molecular complexity index is 1800. The van der Waals surface area contributed by atoms with Gasteiger partial charge in [-0.25, -0.2) is 14.1 Å². The molecule has 1 amide bonds. The first-order valence-corrected chi connectivity index (χ1v) is 13.3. The summed E-state index contributed by atoms with van der Waals surface area (Å²) < 4.78 is 55.1. The van der Waals surface area contributed by atoms with Crippen molar-refractivity contribution in [2.75, 3.05) is 13.1 Å². The van der Waals surface area contributed by atoms with Gasteiger partial charge >= 0.3 is 6.18 Å². The van der Waals surface area contributed by atoms with Gasteiger partial charge in [-0.15, -0.1) is 0 Å². The van der Waals surface area contributed by atoms with Crippen LogP contribution < -0.4 is 0 Å². The monoisotopic (exact) mass is 556 g/mol. The molecular formula is C32H24F4N4O. The van der Waals surface area contributed by atoms with Gasteiger partial charge in [0.2, 0.25) is 0 Å². The fraction of sp³-hybridized carbons (Fsp3) is 0.219. The number of fused-ring (bicyclic) bond motifs is 2. The molecule has 1 aliphatic carbocycles. The number of aromatic nitrogens is 3. The van der Waals surface area contributed by atoms with Crippen molar-refractivity contribution in [2.45, 2.75) is 24.4 Å². The summed E-state index contributed by atoms with van der Waals surface area (Å²) in [5.41, 5.74) is 3.22. The van der Waals surface area contributed by atoms with E-state index in [2.05, 4.69) is 34.3 Å². The number of carbonyl (C=O) groups excluding carboxylic acids is 1. The third-order valence-electron chi connectivity index (χ3n) is 8.57. The van der Waals surface area contributed by atoms with Gasteiger partial charge in [0.25, 0.3) is 5.91 Å². The second-order valence-corrected chi connectivity index (χ2v) is 10.9. The highest BCUT2D eigenvalue weighted by Gasteiger charge is 2.71. The van der Waals surface area contributed by atoms with Crippen molar-refractivity contribution in [1.82, 2.24) is 19.7 Å². The lowest BCUT2D eigenvalue weighted by molar-refractivity contribution is -0.141. The van der Waals surface area contributed by atoms with E-state index in [1.165, 1.54) is 29.8 Å². The van der Waals surface area contributed by atoms with E-state index in [1.54, 1.807) is 27.9 Å². The Morgan fingerprint density at radius 2 is 1.73 bits per heavy atom. The third-order valence-corrected chi connectivity index (χ3v) is 8.57. The molecule has 2 fully saturated rings. The van der Waals surface area contributed by atoms with Crippen LogP contribution in [0.15, 0.2) is 91.1 Å². The SMILES string of the molecule is Cc1cc2c(cnn2-c2ccc(F)cc2)cc1C12CN(C(=O)c3cccc(C(F)(F)F)n3)CC1C2c1ccccc1. The first-order valence-electron chi connectivity index (χ1n) is 13.3. The lowest BCUT2D eigenvalue weighted by Gasteiger charge is -2.26. The Morgan fingerprint density at radius 3 is 2.46 bits per heavy atom. The predicted molar refractivity (Wildman–Crippen MR) is 145 cm³/mol. The first-order chi connectivity index (χ1) is 19.7. The van der Waals surface area contributed by atoms with E-state index in [9.17, 15) is 22.4 Å². The fourth-order valence-electron chi connectivity index (χ4n) is 6.76. The second kappa shape index (κ2) is 8.99. The van der Waals surface area contributed by atoms with Crippen LogP contribution in [0.4, 0.5) is 17.6 Å². The minimum absolute atomic E-state index is 0.0999. The molecule has 2 aliphatic rings. The molecule has 5 aromatic rings. The molecule has 1 aliphatic heterocycles. The number of rotatable bonds is 4. The van der Waals surface area contributed by atoms with E-state index in [4.69, 9.17) is 0 Å². The van der Waals surface area contributed by atoms with Crippen LogP contribution in [0.3, 0.4) is 0 Å². The Morgan fingerprint density at radius 1 is 0.976 bits per heavy atom. The number of hydrogen-bond acceptors (Lipinski definition) is 3. The number of hydrogen-bond donors (Lipinski definition) is 0. The van der Waals surface area contributed by atoms with Crippen molar-refractivity contribution in [3.05, 3.63) is 125 Å². The topological polar surface area (TPSA) is 51.0 Å². The molecule has 0 radical (unpaired) electrons. The van der Waals surface area contributed by atoms with Crippen molar-refractivity contribution >= 4 is 16.8 Å². The molecule has 3 aromatic carbocycles. The van der Waals surface area contributed by atoms with Crippen molar-refractivity contribution in [2.24, 2.45) is 5.92 Å². The maximum Gasteiger partial charge on any atom is 0.433 e. The number of piperidine rings is 1. The van der Waals surface area contributed by atoms with Gasteiger partial charge in [-0.05, 0) is 78.1 Å². The summed E-state index contributed by atoms with van der Waals surface area (Å²) in [4.78, 5) is 18.7. The summed E-state index contributed by atoms with van der Waals surface area (Å²) >= 11 is 0. The summed E-state index contributed by atoms with van der Waals surface area (Å²) in [6.45, 7) is 2.82. The van der Waals surface area contributed by atoms with Gasteiger partial charge in [0.1, 0.15) is 17.2 Å². The minimum Gasteiger partial charge on any atom is -0.336 e. The number of pyridine rings is 1. The van der Waals surface area contributed by atoms with Crippen LogP contribution >= 0.6 is 0 Å². The maximum atomic E-state index is 13.5. The van der Waals surface area contributed by atoms with E-state index < -0.39 is 23.2 Å². The zero-order chi connectivity index (χ0) is 28.5. The lowest BCUT2D eigenvalue weighted by Crippen LogP contribution is -2.35. The number of aryl methyl sites for hydroxylation is 1. The summed E-state index contributed by atoms with van der Waals surface area (Å²) in [6.07, 6.45) is -2.86. The summed E-state index contributed by atoms with van der Waals surface area (Å²) in [5.74, 6) is -0.569. The van der Waals surface area contributed by atoms with Crippen LogP contribution in [0.2, 0.25) is 0 Å². The lowest BCUT2D eigenvalue weighted by atomic mass is 9.86. The predicted octanol–water partition coefficient (Wildman–Crippen LogP) is 6.69. The molecule has 3 unspecified atom stereocenters. The van der Waals surface area contributed by atoms with Gasteiger partial charge in [0, 0.05) is 29.8 Å². The summed E-state index contributed by atoms with van der Waals surface area (Å²) in [7, 11) is 0. The highest BCUT2D eigenvalue weighted by Crippen LogP contribution is 2.69. The number of likely N-dealkylation sites (tertiary alicyclic amines) is 1. The summed E-state index contributed by atoms with van der Waals surface area (Å²) in [5, 5.41) is 5.47. The van der Waals surface area contributed by atoms with E-state index >= 15 is 0 Å². The van der Waals surface area contributed by atoms with Crippen LogP contribution in [0, 0.1) is 18.7 Å². The molecular weight excluding hydrogens is 532 g/mol. The number of carbonyl (C=O) groups is 1. The molecule has 206 valence electrons. The first kappa shape index (κ1) is 25.4. The van der Waals surface area contributed by atoms with Gasteiger partial charge in [-0.3, -0.25) is 4.79 Å². The third kappa shape index (κ3) is 4.02. The van der Waals surface area contributed by atoms with Crippen molar-refractivity contribution in [3.63, 3.8) is 0 Å². The van der Waals surface area contributed by atoms with Crippen LogP contribution in [0.25, 0.3) is 16.6 Å². The number of halogens is 4. The molecule has 5 nitrogen and oxygen atoms in total. The quantitative estimate of drug-likeness (QED) is 0.232. The molecule has 3 atom stereocenters. The van der Waals surface area contributed by atoms with Crippen LogP contribution in [0.1, 0.15) is 38.8 Å². The van der Waals surface area contributed by atoms with Gasteiger partial charge in [-0.1, -0.05) is 36.4 Å². The van der Waals surface area contributed by atoms with Gasteiger partial charge in [0.15, 0.2) is 0 Å². The minimum atomic E-state index is -4.63. The largest absolute Gasteiger partial charge is 0.433 e. The molecule has 9 heteroatoms. The Labute approximate surface area is 233 Å². The normalized spacial score (nSPS) is 21.7. The number of nitrogens with zero attached hydrogens (tertiary/aromatic N) is 4. The smallest absolute Gasteiger partial charge is 0.336 e. The average molecular weight is 557 g/mol. The maximum absolute atomic E-state index is 13.5. The molecule has 1 saturated carbocycles. The van der Waals surface area contributed by atoms with Crippen LogP contribution in [0.5, 0.6) is 0 Å². The second-order valence-electron chi connectivity index (χ2n) is 10.9. The average Bonchev–Trinajstić information content (AvgIpc) is 3.22. The molecule has 1 saturated heterocycles. The van der Waals surface area contributed by atoms with E-state index in [1.807, 2.05) is 25.1 Å². The Kier molecular flexibility index (Phi) is 5.58.